The van der Waals surface area contributed by atoms with Gasteiger partial charge in [0.2, 0.25) is 5.95 Å². The highest BCUT2D eigenvalue weighted by atomic mass is 32.2. The van der Waals surface area contributed by atoms with E-state index in [0.29, 0.717) is 35.3 Å². The number of tetrazole rings is 1. The van der Waals surface area contributed by atoms with Gasteiger partial charge in [-0.15, -0.1) is 10.2 Å². The molecule has 0 fully saturated rings. The average molecular weight is 536 g/mol. The number of esters is 1. The Kier molecular flexibility index (Phi) is 7.76. The number of benzene rings is 2. The van der Waals surface area contributed by atoms with Gasteiger partial charge < -0.3 is 14.8 Å². The van der Waals surface area contributed by atoms with Crippen molar-refractivity contribution in [3.8, 4) is 16.3 Å². The van der Waals surface area contributed by atoms with Crippen LogP contribution in [0.5, 0.6) is 5.75 Å². The minimum atomic E-state index is -0.622. The third kappa shape index (κ3) is 5.35. The van der Waals surface area contributed by atoms with E-state index in [9.17, 15) is 4.79 Å². The number of hydrogen-bond donors (Lipinski definition) is 1. The van der Waals surface area contributed by atoms with Crippen molar-refractivity contribution < 1.29 is 14.3 Å². The van der Waals surface area contributed by atoms with Crippen LogP contribution in [-0.2, 0) is 9.53 Å². The topological polar surface area (TPSA) is 117 Å². The molecular weight excluding hydrogens is 510 g/mol. The first-order chi connectivity index (χ1) is 18.2. The van der Waals surface area contributed by atoms with E-state index in [1.807, 2.05) is 61.5 Å². The normalized spacial score (nSPS) is 14.7. The van der Waals surface area contributed by atoms with Crippen LogP contribution < -0.4 is 10.1 Å². The minimum absolute atomic E-state index is 0.239. The van der Waals surface area contributed by atoms with E-state index in [1.165, 1.54) is 23.1 Å². The van der Waals surface area contributed by atoms with Crippen LogP contribution in [0.3, 0.4) is 0 Å². The van der Waals surface area contributed by atoms with Crippen molar-refractivity contribution in [1.82, 2.24) is 30.4 Å². The van der Waals surface area contributed by atoms with E-state index in [2.05, 4.69) is 31.0 Å². The Morgan fingerprint density at radius 3 is 2.70 bits per heavy atom. The number of hydrogen-bond acceptors (Lipinski definition) is 11. The van der Waals surface area contributed by atoms with Gasteiger partial charge in [-0.2, -0.15) is 4.68 Å². The maximum absolute atomic E-state index is 13.4. The van der Waals surface area contributed by atoms with Crippen molar-refractivity contribution in [1.29, 1.82) is 0 Å². The largest absolute Gasteiger partial charge is 0.493 e. The Morgan fingerprint density at radius 2 is 1.89 bits per heavy atom. The zero-order valence-corrected chi connectivity index (χ0v) is 22.0. The van der Waals surface area contributed by atoms with Crippen molar-refractivity contribution in [2.45, 2.75) is 30.6 Å². The fraction of sp³-hybridized carbons (Fsp3) is 0.280. The molecule has 5 rings (SSSR count). The summed E-state index contributed by atoms with van der Waals surface area (Å²) in [7, 11) is 0. The molecule has 0 bridgehead atoms. The molecule has 12 heteroatoms. The summed E-state index contributed by atoms with van der Waals surface area (Å²) in [6, 6.07) is 16.9. The number of fused-ring (bicyclic) bond motifs is 1. The molecule has 0 saturated heterocycles. The summed E-state index contributed by atoms with van der Waals surface area (Å²) < 4.78 is 13.9. The van der Waals surface area contributed by atoms with Gasteiger partial charge in [0.25, 0.3) is 0 Å². The van der Waals surface area contributed by atoms with Crippen LogP contribution in [0.15, 0.2) is 70.2 Å². The molecule has 1 atom stereocenters. The van der Waals surface area contributed by atoms with Crippen LogP contribution in [0.1, 0.15) is 31.9 Å². The zero-order chi connectivity index (χ0) is 25.6. The Hall–Kier alpha value is -3.77. The zero-order valence-electron chi connectivity index (χ0n) is 20.3. The summed E-state index contributed by atoms with van der Waals surface area (Å²) in [5, 5.41) is 24.9. The first-order valence-electron chi connectivity index (χ1n) is 11.9. The molecule has 3 heterocycles. The molecule has 0 aliphatic carbocycles. The molecule has 37 heavy (non-hydrogen) atoms. The predicted octanol–water partition coefficient (Wildman–Crippen LogP) is 4.60. The van der Waals surface area contributed by atoms with Gasteiger partial charge in [-0.3, -0.25) is 0 Å². The Balaban J connectivity index is 1.51. The van der Waals surface area contributed by atoms with Gasteiger partial charge in [-0.25, -0.2) is 4.79 Å². The summed E-state index contributed by atoms with van der Waals surface area (Å²) >= 11 is 2.98. The standard InChI is InChI=1S/C25H25N7O3S2/c1-3-14-35-19-13-9-8-12-17(19)21-20(23(33)34-4-2)18(26-24-28-30-31-32(21)24)15-36-25-29-27-22(37-25)16-10-6-5-7-11-16/h5-13,21H,3-4,14-15H2,1-2H3,(H,26,28,31). The SMILES string of the molecule is CCCOc1ccccc1C1C(C(=O)OCC)=C(CSc2nnc(-c3ccccc3)s2)Nc2nnnn21. The van der Waals surface area contributed by atoms with Gasteiger partial charge in [0, 0.05) is 22.6 Å². The maximum atomic E-state index is 13.4. The molecular formula is C25H25N7O3S2. The first-order valence-corrected chi connectivity index (χ1v) is 13.7. The van der Waals surface area contributed by atoms with Crippen molar-refractivity contribution in [3.63, 3.8) is 0 Å². The number of carbonyl (C=O) groups is 1. The predicted molar refractivity (Wildman–Crippen MR) is 142 cm³/mol. The molecule has 1 aliphatic heterocycles. The second kappa shape index (κ2) is 11.5. The van der Waals surface area contributed by atoms with E-state index < -0.39 is 12.0 Å². The summed E-state index contributed by atoms with van der Waals surface area (Å²) in [6.45, 7) is 4.61. The van der Waals surface area contributed by atoms with Gasteiger partial charge in [-0.1, -0.05) is 83.7 Å². The lowest BCUT2D eigenvalue weighted by Crippen LogP contribution is -2.31. The summed E-state index contributed by atoms with van der Waals surface area (Å²) in [6.07, 6.45) is 0.853. The number of thioether (sulfide) groups is 1. The number of carbonyl (C=O) groups excluding carboxylic acids is 1. The van der Waals surface area contributed by atoms with Crippen LogP contribution >= 0.6 is 23.1 Å². The number of aromatic nitrogens is 6. The van der Waals surface area contributed by atoms with Gasteiger partial charge in [0.15, 0.2) is 4.34 Å². The molecule has 2 aromatic carbocycles. The Morgan fingerprint density at radius 1 is 1.08 bits per heavy atom. The number of anilines is 1. The highest BCUT2D eigenvalue weighted by Gasteiger charge is 2.37. The Labute approximate surface area is 222 Å². The van der Waals surface area contributed by atoms with Crippen LogP contribution in [0.25, 0.3) is 10.6 Å². The van der Waals surface area contributed by atoms with Gasteiger partial charge in [0.1, 0.15) is 16.8 Å². The highest BCUT2D eigenvalue weighted by molar-refractivity contribution is 8.01. The molecule has 1 N–H and O–H groups in total. The third-order valence-electron chi connectivity index (χ3n) is 5.54. The second-order valence-corrected chi connectivity index (χ2v) is 10.2. The molecule has 2 aromatic heterocycles. The van der Waals surface area contributed by atoms with Crippen molar-refractivity contribution in [2.75, 3.05) is 24.3 Å². The molecule has 1 aliphatic rings. The van der Waals surface area contributed by atoms with E-state index >= 15 is 0 Å². The van der Waals surface area contributed by atoms with E-state index in [0.717, 1.165) is 26.9 Å². The number of ether oxygens (including phenoxy) is 2. The third-order valence-corrected chi connectivity index (χ3v) is 7.67. The molecule has 1 unspecified atom stereocenters. The fourth-order valence-electron chi connectivity index (χ4n) is 3.93. The highest BCUT2D eigenvalue weighted by Crippen LogP contribution is 2.40. The fourth-order valence-corrected chi connectivity index (χ4v) is 5.76. The molecule has 0 spiro atoms. The number of nitrogens with one attached hydrogen (secondary N) is 1. The molecule has 0 radical (unpaired) electrons. The molecule has 0 amide bonds. The summed E-state index contributed by atoms with van der Waals surface area (Å²) in [4.78, 5) is 13.4. The van der Waals surface area contributed by atoms with Crippen molar-refractivity contribution in [3.05, 3.63) is 71.4 Å². The average Bonchev–Trinajstić information content (AvgIpc) is 3.60. The molecule has 4 aromatic rings. The first kappa shape index (κ1) is 24.9. The van der Waals surface area contributed by atoms with Crippen LogP contribution in [0.2, 0.25) is 0 Å². The van der Waals surface area contributed by atoms with E-state index in [4.69, 9.17) is 9.47 Å². The lowest BCUT2D eigenvalue weighted by molar-refractivity contribution is -0.139. The molecule has 190 valence electrons. The van der Waals surface area contributed by atoms with Crippen LogP contribution in [0.4, 0.5) is 5.95 Å². The number of para-hydroxylation sites is 1. The van der Waals surface area contributed by atoms with Gasteiger partial charge >= 0.3 is 5.97 Å². The monoisotopic (exact) mass is 535 g/mol. The Bertz CT molecular complexity index is 1400. The van der Waals surface area contributed by atoms with Crippen molar-refractivity contribution in [2.24, 2.45) is 0 Å². The smallest absolute Gasteiger partial charge is 0.338 e. The van der Waals surface area contributed by atoms with Crippen LogP contribution in [-0.4, -0.2) is 55.3 Å². The summed E-state index contributed by atoms with van der Waals surface area (Å²) in [5.41, 5.74) is 2.86. The minimum Gasteiger partial charge on any atom is -0.493 e. The van der Waals surface area contributed by atoms with Gasteiger partial charge in [-0.05, 0) is 29.8 Å². The van der Waals surface area contributed by atoms with E-state index in [-0.39, 0.29) is 6.61 Å². The van der Waals surface area contributed by atoms with Crippen molar-refractivity contribution >= 4 is 35.0 Å². The lowest BCUT2D eigenvalue weighted by Gasteiger charge is -2.29. The summed E-state index contributed by atoms with van der Waals surface area (Å²) in [5.74, 6) is 1.08. The van der Waals surface area contributed by atoms with Gasteiger partial charge in [0.05, 0.1) is 18.8 Å². The molecule has 0 saturated carbocycles. The molecule has 10 nitrogen and oxygen atoms in total. The van der Waals surface area contributed by atoms with Crippen LogP contribution in [0, 0.1) is 0 Å². The maximum Gasteiger partial charge on any atom is 0.338 e. The lowest BCUT2D eigenvalue weighted by atomic mass is 9.95. The number of rotatable bonds is 10. The number of nitrogens with zero attached hydrogens (tertiary/aromatic N) is 6. The quantitative estimate of drug-likeness (QED) is 0.228. The van der Waals surface area contributed by atoms with E-state index in [1.54, 1.807) is 11.6 Å². The second-order valence-electron chi connectivity index (χ2n) is 8.00.